The van der Waals surface area contributed by atoms with Crippen molar-refractivity contribution in [3.05, 3.63) is 24.3 Å². The molecular formula is C15H24N2. The maximum Gasteiger partial charge on any atom is 0.0602 e. The first-order chi connectivity index (χ1) is 8.42. The molecule has 94 valence electrons. The van der Waals surface area contributed by atoms with Crippen molar-refractivity contribution in [2.24, 2.45) is 0 Å². The van der Waals surface area contributed by atoms with Crippen molar-refractivity contribution in [3.63, 3.8) is 0 Å². The van der Waals surface area contributed by atoms with Gasteiger partial charge in [0.05, 0.1) is 11.4 Å². The van der Waals surface area contributed by atoms with Crippen molar-refractivity contribution >= 4 is 11.4 Å². The van der Waals surface area contributed by atoms with Crippen LogP contribution in [0.5, 0.6) is 0 Å². The number of unbranched alkanes of at least 4 members (excludes halogenated alkanes) is 1. The first kappa shape index (κ1) is 12.3. The highest BCUT2D eigenvalue weighted by molar-refractivity contribution is 5.70. The first-order valence-corrected chi connectivity index (χ1v) is 6.99. The van der Waals surface area contributed by atoms with E-state index in [2.05, 4.69) is 41.4 Å². The van der Waals surface area contributed by atoms with Gasteiger partial charge in [-0.3, -0.25) is 0 Å². The smallest absolute Gasteiger partial charge is 0.0602 e. The van der Waals surface area contributed by atoms with Gasteiger partial charge in [0.2, 0.25) is 0 Å². The Bertz CT molecular complexity index is 329. The van der Waals surface area contributed by atoms with Gasteiger partial charge in [0.15, 0.2) is 0 Å². The first-order valence-electron chi connectivity index (χ1n) is 6.99. The molecule has 0 unspecified atom stereocenters. The van der Waals surface area contributed by atoms with Gasteiger partial charge in [-0.2, -0.15) is 0 Å². The Balaban J connectivity index is 2.03. The third-order valence-corrected chi connectivity index (χ3v) is 3.45. The largest absolute Gasteiger partial charge is 0.383 e. The summed E-state index contributed by atoms with van der Waals surface area (Å²) in [6.07, 6.45) is 6.56. The molecular weight excluding hydrogens is 208 g/mol. The molecule has 0 spiro atoms. The second-order valence-corrected chi connectivity index (χ2v) is 4.85. The van der Waals surface area contributed by atoms with E-state index in [-0.39, 0.29) is 0 Å². The maximum atomic E-state index is 3.57. The topological polar surface area (TPSA) is 15.3 Å². The fraction of sp³-hybridized carbons (Fsp3) is 0.600. The Morgan fingerprint density at radius 1 is 1.12 bits per heavy atom. The fourth-order valence-electron chi connectivity index (χ4n) is 2.43. The average molecular weight is 232 g/mol. The lowest BCUT2D eigenvalue weighted by Crippen LogP contribution is -2.30. The van der Waals surface area contributed by atoms with Crippen LogP contribution < -0.4 is 10.2 Å². The number of piperidine rings is 1. The van der Waals surface area contributed by atoms with E-state index in [4.69, 9.17) is 0 Å². The van der Waals surface area contributed by atoms with Crippen molar-refractivity contribution in [3.8, 4) is 0 Å². The standard InChI is InChI=1S/C15H24N2/c1-2-3-11-16-14-9-5-6-10-15(14)17-12-7-4-8-13-17/h5-6,9-10,16H,2-4,7-8,11-13H2,1H3. The zero-order chi connectivity index (χ0) is 11.9. The van der Waals surface area contributed by atoms with E-state index in [0.29, 0.717) is 0 Å². The fourth-order valence-corrected chi connectivity index (χ4v) is 2.43. The summed E-state index contributed by atoms with van der Waals surface area (Å²) in [6, 6.07) is 8.73. The van der Waals surface area contributed by atoms with Crippen molar-refractivity contribution in [1.82, 2.24) is 0 Å². The molecule has 1 aromatic rings. The monoisotopic (exact) mass is 232 g/mol. The predicted molar refractivity (Wildman–Crippen MR) is 75.9 cm³/mol. The van der Waals surface area contributed by atoms with Crippen LogP contribution in [0.4, 0.5) is 11.4 Å². The molecule has 1 fully saturated rings. The van der Waals surface area contributed by atoms with Crippen molar-refractivity contribution < 1.29 is 0 Å². The molecule has 1 aromatic carbocycles. The summed E-state index contributed by atoms with van der Waals surface area (Å²) >= 11 is 0. The van der Waals surface area contributed by atoms with Crippen LogP contribution >= 0.6 is 0 Å². The molecule has 1 N–H and O–H groups in total. The minimum atomic E-state index is 1.08. The van der Waals surface area contributed by atoms with Crippen molar-refractivity contribution in [2.75, 3.05) is 29.9 Å². The Labute approximate surface area is 105 Å². The van der Waals surface area contributed by atoms with E-state index in [1.807, 2.05) is 0 Å². The lowest BCUT2D eigenvalue weighted by Gasteiger charge is -2.30. The van der Waals surface area contributed by atoms with E-state index in [9.17, 15) is 0 Å². The number of anilines is 2. The van der Waals surface area contributed by atoms with E-state index >= 15 is 0 Å². The third-order valence-electron chi connectivity index (χ3n) is 3.45. The van der Waals surface area contributed by atoms with Gasteiger partial charge in [0.1, 0.15) is 0 Å². The third kappa shape index (κ3) is 3.39. The van der Waals surface area contributed by atoms with Crippen LogP contribution in [0, 0.1) is 0 Å². The quantitative estimate of drug-likeness (QED) is 0.775. The second-order valence-electron chi connectivity index (χ2n) is 4.85. The molecule has 0 amide bonds. The number of benzene rings is 1. The van der Waals surface area contributed by atoms with Gasteiger partial charge in [-0.15, -0.1) is 0 Å². The number of rotatable bonds is 5. The van der Waals surface area contributed by atoms with Crippen molar-refractivity contribution in [2.45, 2.75) is 39.0 Å². The minimum Gasteiger partial charge on any atom is -0.383 e. The van der Waals surface area contributed by atoms with E-state index in [0.717, 1.165) is 6.54 Å². The van der Waals surface area contributed by atoms with Gasteiger partial charge < -0.3 is 10.2 Å². The molecule has 0 bridgehead atoms. The summed E-state index contributed by atoms with van der Waals surface area (Å²) in [4.78, 5) is 2.53. The minimum absolute atomic E-state index is 1.08. The van der Waals surface area contributed by atoms with Crippen LogP contribution in [-0.2, 0) is 0 Å². The average Bonchev–Trinajstić information content (AvgIpc) is 2.41. The van der Waals surface area contributed by atoms with Crippen LogP contribution in [0.2, 0.25) is 0 Å². The molecule has 2 rings (SSSR count). The summed E-state index contributed by atoms with van der Waals surface area (Å²) < 4.78 is 0. The molecule has 1 aliphatic heterocycles. The van der Waals surface area contributed by atoms with Crippen LogP contribution in [0.25, 0.3) is 0 Å². The Morgan fingerprint density at radius 3 is 2.65 bits per heavy atom. The summed E-state index contributed by atoms with van der Waals surface area (Å²) in [7, 11) is 0. The molecule has 0 aliphatic carbocycles. The highest BCUT2D eigenvalue weighted by atomic mass is 15.1. The highest BCUT2D eigenvalue weighted by Gasteiger charge is 2.13. The van der Waals surface area contributed by atoms with E-state index in [1.54, 1.807) is 0 Å². The molecule has 17 heavy (non-hydrogen) atoms. The molecule has 0 saturated carbocycles. The molecule has 0 aromatic heterocycles. The highest BCUT2D eigenvalue weighted by Crippen LogP contribution is 2.28. The SMILES string of the molecule is CCCCNc1ccccc1N1CCCCC1. The number of nitrogens with zero attached hydrogens (tertiary/aromatic N) is 1. The predicted octanol–water partition coefficient (Wildman–Crippen LogP) is 3.89. The molecule has 1 saturated heterocycles. The second kappa shape index (κ2) is 6.53. The summed E-state index contributed by atoms with van der Waals surface area (Å²) in [5, 5.41) is 3.57. The van der Waals surface area contributed by atoms with Gasteiger partial charge in [-0.25, -0.2) is 0 Å². The Hall–Kier alpha value is -1.18. The molecule has 0 atom stereocenters. The summed E-state index contributed by atoms with van der Waals surface area (Å²) in [6.45, 7) is 5.75. The van der Waals surface area contributed by atoms with Gasteiger partial charge in [0.25, 0.3) is 0 Å². The molecule has 2 heteroatoms. The van der Waals surface area contributed by atoms with Gasteiger partial charge in [0, 0.05) is 19.6 Å². The zero-order valence-electron chi connectivity index (χ0n) is 10.9. The van der Waals surface area contributed by atoms with E-state index in [1.165, 1.54) is 56.6 Å². The Kier molecular flexibility index (Phi) is 4.72. The Morgan fingerprint density at radius 2 is 1.88 bits per heavy atom. The number of nitrogens with one attached hydrogen (secondary N) is 1. The maximum absolute atomic E-state index is 3.57. The van der Waals surface area contributed by atoms with Crippen molar-refractivity contribution in [1.29, 1.82) is 0 Å². The molecule has 1 heterocycles. The normalized spacial score (nSPS) is 15.9. The summed E-state index contributed by atoms with van der Waals surface area (Å²) in [5.41, 5.74) is 2.70. The molecule has 0 radical (unpaired) electrons. The lowest BCUT2D eigenvalue weighted by atomic mass is 10.1. The van der Waals surface area contributed by atoms with Crippen LogP contribution in [0.15, 0.2) is 24.3 Å². The van der Waals surface area contributed by atoms with Gasteiger partial charge >= 0.3 is 0 Å². The van der Waals surface area contributed by atoms with Gasteiger partial charge in [-0.1, -0.05) is 25.5 Å². The number of para-hydroxylation sites is 2. The molecule has 1 aliphatic rings. The molecule has 2 nitrogen and oxygen atoms in total. The van der Waals surface area contributed by atoms with Crippen LogP contribution in [-0.4, -0.2) is 19.6 Å². The number of hydrogen-bond acceptors (Lipinski definition) is 2. The van der Waals surface area contributed by atoms with Crippen LogP contribution in [0.3, 0.4) is 0 Å². The summed E-state index contributed by atoms with van der Waals surface area (Å²) in [5.74, 6) is 0. The van der Waals surface area contributed by atoms with E-state index < -0.39 is 0 Å². The van der Waals surface area contributed by atoms with Crippen LogP contribution in [0.1, 0.15) is 39.0 Å². The lowest BCUT2D eigenvalue weighted by molar-refractivity contribution is 0.578. The number of hydrogen-bond donors (Lipinski definition) is 1. The van der Waals surface area contributed by atoms with Gasteiger partial charge in [-0.05, 0) is 37.8 Å². The zero-order valence-corrected chi connectivity index (χ0v) is 10.9.